The van der Waals surface area contributed by atoms with Crippen molar-refractivity contribution in [1.29, 1.82) is 0 Å². The molecule has 0 radical (unpaired) electrons. The molecule has 1 N–H and O–H groups in total. The Morgan fingerprint density at radius 1 is 0.667 bits per heavy atom. The maximum atomic E-state index is 13.4. The first-order chi connectivity index (χ1) is 18.9. The summed E-state index contributed by atoms with van der Waals surface area (Å²) in [5, 5.41) is 7.00. The Kier molecular flexibility index (Phi) is 10.4. The number of carbonyl (C=O) groups excluding carboxylic acids is 2. The fourth-order valence-corrected chi connectivity index (χ4v) is 4.89. The number of fused-ring (bicyclic) bond motifs is 1. The van der Waals surface area contributed by atoms with Crippen LogP contribution in [0.25, 0.3) is 6.08 Å². The highest BCUT2D eigenvalue weighted by atomic mass is 16.5. The summed E-state index contributed by atoms with van der Waals surface area (Å²) in [4.78, 5) is 30.3. The molecular weight excluding hydrogens is 504 g/mol. The maximum absolute atomic E-state index is 13.4. The average Bonchev–Trinajstić information content (AvgIpc) is 3.21. The van der Waals surface area contributed by atoms with Crippen LogP contribution < -0.4 is 23.7 Å². The van der Waals surface area contributed by atoms with E-state index in [1.54, 1.807) is 31.3 Å². The molecule has 0 spiro atoms. The van der Waals surface area contributed by atoms with Crippen molar-refractivity contribution in [3.05, 3.63) is 46.5 Å². The zero-order valence-corrected chi connectivity index (χ0v) is 23.5. The summed E-state index contributed by atoms with van der Waals surface area (Å²) < 4.78 is 27.0. The van der Waals surface area contributed by atoms with Crippen molar-refractivity contribution in [2.24, 2.45) is 0 Å². The van der Waals surface area contributed by atoms with E-state index >= 15 is 0 Å². The molecule has 2 amide bonds. The Morgan fingerprint density at radius 2 is 1.18 bits per heavy atom. The first-order valence-electron chi connectivity index (χ1n) is 12.7. The molecule has 2 aromatic carbocycles. The quantitative estimate of drug-likeness (QED) is 0.569. The van der Waals surface area contributed by atoms with E-state index in [-0.39, 0.29) is 11.8 Å². The number of piperazine rings is 1. The Morgan fingerprint density at radius 3 is 1.69 bits per heavy atom. The van der Waals surface area contributed by atoms with Gasteiger partial charge in [0.1, 0.15) is 0 Å². The standard InChI is InChI=1S/C28H34N2O7.CH4O/c1-33-22-14-18-7-6-8-19(13-20(18)15-23(22)34-2)27(31)29-9-11-30(12-10-29)28(32)21-16-24(35-3)26(37-5)25(17-21)36-4;1-2/h13-17H,6-12H2,1-5H3;2H,1H3. The molecule has 1 aliphatic carbocycles. The highest BCUT2D eigenvalue weighted by molar-refractivity contribution is 5.99. The lowest BCUT2D eigenvalue weighted by molar-refractivity contribution is -0.128. The van der Waals surface area contributed by atoms with Gasteiger partial charge in [-0.15, -0.1) is 0 Å². The molecule has 2 aliphatic rings. The predicted molar refractivity (Wildman–Crippen MR) is 147 cm³/mol. The van der Waals surface area contributed by atoms with Crippen LogP contribution in [-0.2, 0) is 11.2 Å². The third-order valence-corrected chi connectivity index (χ3v) is 6.91. The van der Waals surface area contributed by atoms with Crippen LogP contribution in [0.3, 0.4) is 0 Å². The van der Waals surface area contributed by atoms with Gasteiger partial charge in [-0.05, 0) is 60.7 Å². The van der Waals surface area contributed by atoms with Gasteiger partial charge in [0.15, 0.2) is 23.0 Å². The predicted octanol–water partition coefficient (Wildman–Crippen LogP) is 3.04. The van der Waals surface area contributed by atoms with E-state index in [1.807, 2.05) is 23.1 Å². The number of rotatable bonds is 7. The maximum Gasteiger partial charge on any atom is 0.254 e. The number of ether oxygens (including phenoxy) is 5. The number of nitrogens with zero attached hydrogens (tertiary/aromatic N) is 2. The molecule has 0 aromatic heterocycles. The van der Waals surface area contributed by atoms with Gasteiger partial charge >= 0.3 is 0 Å². The van der Waals surface area contributed by atoms with E-state index in [9.17, 15) is 9.59 Å². The SMILES string of the molecule is CO.COc1cc2c(cc1OC)CCCC(C(=O)N1CCN(C(=O)c3cc(OC)c(OC)c(OC)c3)CC1)=C2. The number of amides is 2. The number of carbonyl (C=O) groups is 2. The second-order valence-electron chi connectivity index (χ2n) is 8.93. The molecule has 1 saturated heterocycles. The van der Waals surface area contributed by atoms with Crippen LogP contribution in [0.5, 0.6) is 28.7 Å². The van der Waals surface area contributed by atoms with Crippen LogP contribution in [0.4, 0.5) is 0 Å². The molecule has 0 atom stereocenters. The first kappa shape index (κ1) is 29.6. The van der Waals surface area contributed by atoms with Gasteiger partial charge in [0, 0.05) is 44.4 Å². The summed E-state index contributed by atoms with van der Waals surface area (Å²) >= 11 is 0. The van der Waals surface area contributed by atoms with Crippen LogP contribution in [0, 0.1) is 0 Å². The van der Waals surface area contributed by atoms with Gasteiger partial charge in [-0.1, -0.05) is 0 Å². The summed E-state index contributed by atoms with van der Waals surface area (Å²) in [6.07, 6.45) is 4.41. The molecule has 1 aliphatic heterocycles. The van der Waals surface area contributed by atoms with E-state index in [0.717, 1.165) is 36.7 Å². The Labute approximate surface area is 229 Å². The van der Waals surface area contributed by atoms with Crippen molar-refractivity contribution in [2.45, 2.75) is 19.3 Å². The molecule has 10 heteroatoms. The van der Waals surface area contributed by atoms with Crippen LogP contribution in [-0.4, -0.2) is 95.6 Å². The summed E-state index contributed by atoms with van der Waals surface area (Å²) in [7, 11) is 8.79. The van der Waals surface area contributed by atoms with Crippen LogP contribution in [0.1, 0.15) is 34.3 Å². The lowest BCUT2D eigenvalue weighted by Crippen LogP contribution is -2.50. The number of hydrogen-bond donors (Lipinski definition) is 1. The van der Waals surface area contributed by atoms with Gasteiger partial charge in [-0.25, -0.2) is 0 Å². The van der Waals surface area contributed by atoms with E-state index in [4.69, 9.17) is 28.8 Å². The molecule has 0 unspecified atom stereocenters. The third-order valence-electron chi connectivity index (χ3n) is 6.91. The molecular formula is C29H38N2O8. The summed E-state index contributed by atoms with van der Waals surface area (Å²) in [6.45, 7) is 1.81. The minimum Gasteiger partial charge on any atom is -0.493 e. The second kappa shape index (κ2) is 13.7. The molecule has 1 fully saturated rings. The van der Waals surface area contributed by atoms with Crippen molar-refractivity contribution in [3.63, 3.8) is 0 Å². The Bertz CT molecular complexity index is 1180. The van der Waals surface area contributed by atoms with Crippen LogP contribution >= 0.6 is 0 Å². The first-order valence-corrected chi connectivity index (χ1v) is 12.7. The van der Waals surface area contributed by atoms with Crippen molar-refractivity contribution in [1.82, 2.24) is 9.80 Å². The van der Waals surface area contributed by atoms with Crippen molar-refractivity contribution in [2.75, 3.05) is 68.8 Å². The van der Waals surface area contributed by atoms with E-state index in [0.29, 0.717) is 66.9 Å². The summed E-state index contributed by atoms with van der Waals surface area (Å²) in [5.41, 5.74) is 3.34. The van der Waals surface area contributed by atoms with Crippen LogP contribution in [0.15, 0.2) is 29.8 Å². The summed E-state index contributed by atoms with van der Waals surface area (Å²) in [5.74, 6) is 2.49. The number of benzene rings is 2. The summed E-state index contributed by atoms with van der Waals surface area (Å²) in [6, 6.07) is 7.23. The number of aryl methyl sites for hydroxylation is 1. The van der Waals surface area contributed by atoms with Gasteiger partial charge in [-0.2, -0.15) is 0 Å². The van der Waals surface area contributed by atoms with E-state index in [1.165, 1.54) is 21.3 Å². The Hall–Kier alpha value is -3.92. The van der Waals surface area contributed by atoms with E-state index in [2.05, 4.69) is 0 Å². The number of aliphatic hydroxyl groups is 1. The highest BCUT2D eigenvalue weighted by Crippen LogP contribution is 2.39. The minimum atomic E-state index is -0.144. The van der Waals surface area contributed by atoms with Gasteiger partial charge in [0.05, 0.1) is 35.5 Å². The average molecular weight is 543 g/mol. The molecule has 2 aromatic rings. The van der Waals surface area contributed by atoms with Crippen LogP contribution in [0.2, 0.25) is 0 Å². The molecule has 4 rings (SSSR count). The van der Waals surface area contributed by atoms with Gasteiger partial charge in [0.2, 0.25) is 11.7 Å². The fourth-order valence-electron chi connectivity index (χ4n) is 4.89. The Balaban J connectivity index is 0.00000205. The monoisotopic (exact) mass is 542 g/mol. The molecule has 1 heterocycles. The zero-order chi connectivity index (χ0) is 28.5. The van der Waals surface area contributed by atoms with Crippen molar-refractivity contribution < 1.29 is 38.4 Å². The topological polar surface area (TPSA) is 107 Å². The zero-order valence-electron chi connectivity index (χ0n) is 23.5. The number of methoxy groups -OCH3 is 5. The minimum absolute atomic E-state index is 0.0162. The fraction of sp³-hybridized carbons (Fsp3) is 0.448. The molecule has 39 heavy (non-hydrogen) atoms. The largest absolute Gasteiger partial charge is 0.493 e. The smallest absolute Gasteiger partial charge is 0.254 e. The number of hydrogen-bond acceptors (Lipinski definition) is 8. The highest BCUT2D eigenvalue weighted by Gasteiger charge is 2.28. The second-order valence-corrected chi connectivity index (χ2v) is 8.93. The van der Waals surface area contributed by atoms with Gasteiger partial charge in [0.25, 0.3) is 5.91 Å². The molecule has 0 bridgehead atoms. The molecule has 0 saturated carbocycles. The molecule has 10 nitrogen and oxygen atoms in total. The van der Waals surface area contributed by atoms with Crippen molar-refractivity contribution >= 4 is 17.9 Å². The van der Waals surface area contributed by atoms with Gasteiger partial charge < -0.3 is 38.6 Å². The lowest BCUT2D eigenvalue weighted by Gasteiger charge is -2.35. The van der Waals surface area contributed by atoms with Gasteiger partial charge in [-0.3, -0.25) is 9.59 Å². The van der Waals surface area contributed by atoms with E-state index < -0.39 is 0 Å². The van der Waals surface area contributed by atoms with Crippen molar-refractivity contribution in [3.8, 4) is 28.7 Å². The normalized spacial score (nSPS) is 14.6. The third kappa shape index (κ3) is 6.39. The lowest BCUT2D eigenvalue weighted by atomic mass is 10.0. The molecule has 212 valence electrons. The number of aliphatic hydroxyl groups excluding tert-OH is 1.